The van der Waals surface area contributed by atoms with Gasteiger partial charge in [0.05, 0.1) is 26.3 Å². The number of hydrogen-bond donors (Lipinski definition) is 1. The summed E-state index contributed by atoms with van der Waals surface area (Å²) in [6.07, 6.45) is -1.86. The molecule has 44 heavy (non-hydrogen) atoms. The maximum absolute atomic E-state index is 13.9. The van der Waals surface area contributed by atoms with Gasteiger partial charge < -0.3 is 29.5 Å². The number of hydrogen-bond acceptors (Lipinski definition) is 6. The van der Waals surface area contributed by atoms with Crippen LogP contribution in [0.2, 0.25) is 0 Å². The van der Waals surface area contributed by atoms with Gasteiger partial charge in [0.1, 0.15) is 6.54 Å². The molecule has 1 saturated heterocycles. The van der Waals surface area contributed by atoms with Gasteiger partial charge in [-0.15, -0.1) is 11.3 Å². The third-order valence-electron chi connectivity index (χ3n) is 7.71. The lowest BCUT2D eigenvalue weighted by molar-refractivity contribution is -0.137. The first-order valence-electron chi connectivity index (χ1n) is 14.5. The molecule has 0 unspecified atom stereocenters. The number of nitrogens with zero attached hydrogens (tertiary/aromatic N) is 3. The molecule has 0 bridgehead atoms. The van der Waals surface area contributed by atoms with Crippen molar-refractivity contribution in [2.45, 2.75) is 38.9 Å². The third kappa shape index (κ3) is 9.12. The highest BCUT2D eigenvalue weighted by Gasteiger charge is 2.31. The van der Waals surface area contributed by atoms with Gasteiger partial charge in [-0.25, -0.2) is 4.79 Å². The van der Waals surface area contributed by atoms with Gasteiger partial charge in [0.15, 0.2) is 11.5 Å². The topological polar surface area (TPSA) is 74.4 Å². The van der Waals surface area contributed by atoms with Crippen molar-refractivity contribution >= 4 is 29.0 Å². The first-order valence-corrected chi connectivity index (χ1v) is 15.4. The molecule has 1 aliphatic heterocycles. The van der Waals surface area contributed by atoms with Crippen LogP contribution in [-0.4, -0.2) is 80.1 Å². The van der Waals surface area contributed by atoms with E-state index in [9.17, 15) is 22.8 Å². The zero-order valence-electron chi connectivity index (χ0n) is 25.3. The van der Waals surface area contributed by atoms with Gasteiger partial charge in [0.2, 0.25) is 5.91 Å². The Morgan fingerprint density at radius 2 is 1.73 bits per heavy atom. The third-order valence-corrected chi connectivity index (χ3v) is 8.72. The number of anilines is 1. The first kappa shape index (κ1) is 33.1. The lowest BCUT2D eigenvalue weighted by Gasteiger charge is -2.29. The highest BCUT2D eigenvalue weighted by atomic mass is 32.1. The van der Waals surface area contributed by atoms with Crippen molar-refractivity contribution in [3.63, 3.8) is 0 Å². The fourth-order valence-corrected chi connectivity index (χ4v) is 6.01. The van der Waals surface area contributed by atoms with E-state index >= 15 is 0 Å². The van der Waals surface area contributed by atoms with Crippen LogP contribution in [0.25, 0.3) is 0 Å². The molecule has 0 radical (unpaired) electrons. The molecule has 3 aromatic rings. The highest BCUT2D eigenvalue weighted by molar-refractivity contribution is 7.10. The molecule has 238 valence electrons. The average Bonchev–Trinajstić information content (AvgIpc) is 3.68. The molecule has 0 atom stereocenters. The summed E-state index contributed by atoms with van der Waals surface area (Å²) >= 11 is 1.56. The van der Waals surface area contributed by atoms with Crippen LogP contribution in [0.15, 0.2) is 53.9 Å². The largest absolute Gasteiger partial charge is 0.493 e. The Morgan fingerprint density at radius 1 is 0.977 bits per heavy atom. The van der Waals surface area contributed by atoms with Crippen LogP contribution in [0.3, 0.4) is 0 Å². The lowest BCUT2D eigenvalue weighted by Crippen LogP contribution is -2.47. The normalized spacial score (nSPS) is 13.5. The summed E-state index contributed by atoms with van der Waals surface area (Å²) in [6, 6.07) is 11.5. The van der Waals surface area contributed by atoms with Crippen molar-refractivity contribution in [1.82, 2.24) is 14.7 Å². The molecular formula is C32H39F3N4O4S. The minimum absolute atomic E-state index is 0.0166. The molecule has 0 saturated carbocycles. The Labute approximate surface area is 260 Å². The summed E-state index contributed by atoms with van der Waals surface area (Å²) in [5, 5.41) is 4.56. The number of benzene rings is 2. The Balaban J connectivity index is 1.52. The van der Waals surface area contributed by atoms with E-state index in [1.807, 2.05) is 36.6 Å². The number of alkyl halides is 3. The number of amides is 3. The number of ether oxygens (including phenoxy) is 2. The number of nitrogens with one attached hydrogen (secondary N) is 1. The van der Waals surface area contributed by atoms with E-state index in [0.29, 0.717) is 37.6 Å². The number of thiophene rings is 1. The number of methoxy groups -OCH3 is 2. The number of carbonyl (C=O) groups excluding carboxylic acids is 2. The summed E-state index contributed by atoms with van der Waals surface area (Å²) in [6.45, 7) is 5.20. The van der Waals surface area contributed by atoms with Crippen molar-refractivity contribution in [2.75, 3.05) is 58.8 Å². The lowest BCUT2D eigenvalue weighted by atomic mass is 10.1. The Kier molecular flexibility index (Phi) is 11.5. The molecule has 0 aliphatic carbocycles. The van der Waals surface area contributed by atoms with Gasteiger partial charge in [-0.1, -0.05) is 12.1 Å². The fraction of sp³-hybridized carbons (Fsp3) is 0.438. The summed E-state index contributed by atoms with van der Waals surface area (Å²) in [7, 11) is 3.14. The molecule has 1 N–H and O–H groups in total. The van der Waals surface area contributed by atoms with E-state index in [1.54, 1.807) is 30.5 Å². The smallest absolute Gasteiger partial charge is 0.416 e. The van der Waals surface area contributed by atoms with E-state index < -0.39 is 17.8 Å². The van der Waals surface area contributed by atoms with Crippen molar-refractivity contribution in [3.8, 4) is 11.5 Å². The van der Waals surface area contributed by atoms with E-state index in [2.05, 4.69) is 10.2 Å². The summed E-state index contributed by atoms with van der Waals surface area (Å²) in [5.41, 5.74) is 1.19. The first-order chi connectivity index (χ1) is 21.1. The molecule has 3 amide bonds. The summed E-state index contributed by atoms with van der Waals surface area (Å²) in [5.74, 6) is 0.953. The van der Waals surface area contributed by atoms with Crippen LogP contribution in [0.5, 0.6) is 11.5 Å². The second kappa shape index (κ2) is 15.3. The van der Waals surface area contributed by atoms with E-state index in [4.69, 9.17) is 9.47 Å². The second-order valence-corrected chi connectivity index (χ2v) is 11.8. The minimum atomic E-state index is -4.54. The van der Waals surface area contributed by atoms with Gasteiger partial charge in [-0.05, 0) is 92.2 Å². The Hall–Kier alpha value is -3.77. The van der Waals surface area contributed by atoms with Crippen LogP contribution in [0.1, 0.15) is 34.4 Å². The molecule has 0 spiro atoms. The quantitative estimate of drug-likeness (QED) is 0.240. The maximum Gasteiger partial charge on any atom is 0.416 e. The van der Waals surface area contributed by atoms with Crippen molar-refractivity contribution < 1.29 is 32.2 Å². The average molecular weight is 633 g/mol. The highest BCUT2D eigenvalue weighted by Crippen LogP contribution is 2.31. The molecule has 4 rings (SSSR count). The van der Waals surface area contributed by atoms with Crippen LogP contribution in [0.4, 0.5) is 23.7 Å². The van der Waals surface area contributed by atoms with Gasteiger partial charge in [-0.2, -0.15) is 13.2 Å². The SMILES string of the molecule is COc1ccc(CCN(Cc2sccc2C)C(=O)CN(CCN2CCCC2)C(=O)Nc2cccc(C(F)(F)F)c2)cc1OC. The summed E-state index contributed by atoms with van der Waals surface area (Å²) in [4.78, 5) is 33.7. The molecule has 8 nitrogen and oxygen atoms in total. The number of likely N-dealkylation sites (tertiary alicyclic amines) is 1. The summed E-state index contributed by atoms with van der Waals surface area (Å²) < 4.78 is 50.6. The van der Waals surface area contributed by atoms with Crippen molar-refractivity contribution in [3.05, 3.63) is 75.5 Å². The Bertz CT molecular complexity index is 1410. The predicted octanol–water partition coefficient (Wildman–Crippen LogP) is 6.29. The molecule has 1 fully saturated rings. The molecule has 1 aliphatic rings. The monoisotopic (exact) mass is 632 g/mol. The standard InChI is InChI=1S/C32H39F3N4O4S/c1-23-12-18-44-29(23)21-38(15-11-24-9-10-27(42-2)28(19-24)43-3)30(40)22-39(17-16-37-13-4-5-14-37)31(41)36-26-8-6-7-25(20-26)32(33,34)35/h6-10,12,18-20H,4-5,11,13-17,21-22H2,1-3H3,(H,36,41). The molecule has 2 aromatic carbocycles. The Morgan fingerprint density at radius 3 is 2.39 bits per heavy atom. The van der Waals surface area contributed by atoms with Gasteiger partial charge >= 0.3 is 12.2 Å². The van der Waals surface area contributed by atoms with Crippen molar-refractivity contribution in [1.29, 1.82) is 0 Å². The molecule has 1 aromatic heterocycles. The van der Waals surface area contributed by atoms with E-state index in [1.165, 1.54) is 17.0 Å². The predicted molar refractivity (Wildman–Crippen MR) is 165 cm³/mol. The minimum Gasteiger partial charge on any atom is -0.493 e. The maximum atomic E-state index is 13.9. The number of carbonyl (C=O) groups is 2. The zero-order chi connectivity index (χ0) is 31.7. The van der Waals surface area contributed by atoms with E-state index in [0.717, 1.165) is 54.1 Å². The fourth-order valence-electron chi connectivity index (χ4n) is 5.09. The van der Waals surface area contributed by atoms with Crippen LogP contribution in [0, 0.1) is 6.92 Å². The zero-order valence-corrected chi connectivity index (χ0v) is 26.1. The second-order valence-electron chi connectivity index (χ2n) is 10.8. The number of aryl methyl sites for hydroxylation is 1. The van der Waals surface area contributed by atoms with Crippen molar-refractivity contribution in [2.24, 2.45) is 0 Å². The van der Waals surface area contributed by atoms with Gasteiger partial charge in [0.25, 0.3) is 0 Å². The van der Waals surface area contributed by atoms with Gasteiger partial charge in [-0.3, -0.25) is 4.79 Å². The van der Waals surface area contributed by atoms with Crippen LogP contribution in [-0.2, 0) is 23.9 Å². The number of urea groups is 1. The molecule has 2 heterocycles. The van der Waals surface area contributed by atoms with Gasteiger partial charge in [0, 0.05) is 30.2 Å². The number of rotatable bonds is 13. The number of halogens is 3. The van der Waals surface area contributed by atoms with E-state index in [-0.39, 0.29) is 24.7 Å². The molecule has 12 heteroatoms. The molecular weight excluding hydrogens is 593 g/mol. The van der Waals surface area contributed by atoms with Crippen LogP contribution < -0.4 is 14.8 Å². The van der Waals surface area contributed by atoms with Crippen LogP contribution >= 0.6 is 11.3 Å².